The Kier molecular flexibility index (Phi) is 5.82. The largest absolute Gasteiger partial charge is 0.383 e. The normalized spacial score (nSPS) is 24.4. The molecule has 0 aliphatic carbocycles. The third-order valence-corrected chi connectivity index (χ3v) is 5.95. The van der Waals surface area contributed by atoms with Gasteiger partial charge in [0.05, 0.1) is 6.61 Å². The molecule has 3 rings (SSSR count). The van der Waals surface area contributed by atoms with Crippen LogP contribution in [0.15, 0.2) is 12.3 Å². The van der Waals surface area contributed by atoms with Crippen LogP contribution < -0.4 is 0 Å². The number of carbonyl (C=O) groups is 2. The number of hydrogen-bond donors (Lipinski definition) is 0. The predicted octanol–water partition coefficient (Wildman–Crippen LogP) is 2.08. The van der Waals surface area contributed by atoms with Gasteiger partial charge < -0.3 is 14.2 Å². The second-order valence-corrected chi connectivity index (χ2v) is 8.01. The quantitative estimate of drug-likeness (QED) is 0.728. The number of methoxy groups -OCH3 is 1. The van der Waals surface area contributed by atoms with E-state index in [9.17, 15) is 9.59 Å². The molecule has 1 amide bonds. The number of rotatable bonds is 6. The molecule has 0 bridgehead atoms. The Morgan fingerprint density at radius 2 is 2.12 bits per heavy atom. The van der Waals surface area contributed by atoms with Gasteiger partial charge in [-0.2, -0.15) is 0 Å². The third kappa shape index (κ3) is 4.18. The molecule has 0 N–H and O–H groups in total. The van der Waals surface area contributed by atoms with Crippen LogP contribution in [0.1, 0.15) is 48.7 Å². The van der Waals surface area contributed by atoms with Crippen molar-refractivity contribution in [3.8, 4) is 0 Å². The van der Waals surface area contributed by atoms with Gasteiger partial charge in [-0.3, -0.25) is 14.5 Å². The van der Waals surface area contributed by atoms with Crippen LogP contribution >= 0.6 is 0 Å². The zero-order valence-electron chi connectivity index (χ0n) is 16.3. The Morgan fingerprint density at radius 1 is 1.31 bits per heavy atom. The topological polar surface area (TPSA) is 54.8 Å². The summed E-state index contributed by atoms with van der Waals surface area (Å²) in [7, 11) is 3.69. The van der Waals surface area contributed by atoms with Gasteiger partial charge in [0.1, 0.15) is 0 Å². The van der Waals surface area contributed by atoms with E-state index in [0.717, 1.165) is 44.6 Å². The Bertz CT molecular complexity index is 669. The van der Waals surface area contributed by atoms with Crippen molar-refractivity contribution in [1.29, 1.82) is 0 Å². The fourth-order valence-electron chi connectivity index (χ4n) is 4.47. The number of piperidine rings is 2. The molecule has 0 unspecified atom stereocenters. The number of carbonyl (C=O) groups excluding carboxylic acids is 2. The number of likely N-dealkylation sites (tertiary alicyclic amines) is 2. The van der Waals surface area contributed by atoms with E-state index in [4.69, 9.17) is 4.74 Å². The Labute approximate surface area is 156 Å². The first-order valence-corrected chi connectivity index (χ1v) is 9.58. The zero-order chi connectivity index (χ0) is 18.7. The second kappa shape index (κ2) is 7.92. The summed E-state index contributed by atoms with van der Waals surface area (Å²) in [5.41, 5.74) is 2.16. The first-order valence-electron chi connectivity index (χ1n) is 9.58. The molecule has 3 heterocycles. The van der Waals surface area contributed by atoms with Crippen LogP contribution in [0.2, 0.25) is 0 Å². The summed E-state index contributed by atoms with van der Waals surface area (Å²) in [6.45, 7) is 6.70. The highest BCUT2D eigenvalue weighted by atomic mass is 16.5. The molecule has 1 aromatic rings. The van der Waals surface area contributed by atoms with Crippen molar-refractivity contribution in [3.05, 3.63) is 23.5 Å². The molecule has 6 heteroatoms. The van der Waals surface area contributed by atoms with E-state index in [1.54, 1.807) is 14.0 Å². The molecular formula is C20H31N3O3. The first kappa shape index (κ1) is 19.1. The fourth-order valence-corrected chi connectivity index (χ4v) is 4.47. The van der Waals surface area contributed by atoms with Crippen LogP contribution in [0.4, 0.5) is 0 Å². The van der Waals surface area contributed by atoms with Gasteiger partial charge in [-0.1, -0.05) is 0 Å². The van der Waals surface area contributed by atoms with Crippen molar-refractivity contribution in [1.82, 2.24) is 14.4 Å². The number of ether oxygens (including phenoxy) is 1. The van der Waals surface area contributed by atoms with Crippen LogP contribution in [-0.2, 0) is 23.1 Å². The Morgan fingerprint density at radius 3 is 2.81 bits per heavy atom. The van der Waals surface area contributed by atoms with Crippen LogP contribution in [-0.4, -0.2) is 66.0 Å². The van der Waals surface area contributed by atoms with Crippen LogP contribution in [0, 0.1) is 5.41 Å². The summed E-state index contributed by atoms with van der Waals surface area (Å²) >= 11 is 0. The number of aromatic nitrogens is 1. The molecule has 2 aliphatic heterocycles. The SMILES string of the molecule is COCCN1C[C@]2(CCCN(Cc3cc(C(C)=O)cn3C)C2)CCC1=O. The highest BCUT2D eigenvalue weighted by Crippen LogP contribution is 2.39. The molecule has 144 valence electrons. The monoisotopic (exact) mass is 361 g/mol. The third-order valence-electron chi connectivity index (χ3n) is 5.95. The average Bonchev–Trinajstić information content (AvgIpc) is 2.97. The standard InChI is InChI=1S/C20H31N3O3/c1-16(24)17-11-18(21(2)12-17)13-22-8-4-6-20(14-22)7-5-19(25)23(15-20)9-10-26-3/h11-12H,4-10,13-15H2,1-3H3/t20-/m1/s1. The molecule has 1 aromatic heterocycles. The number of hydrogen-bond acceptors (Lipinski definition) is 4. The smallest absolute Gasteiger partial charge is 0.222 e. The van der Waals surface area contributed by atoms with Gasteiger partial charge >= 0.3 is 0 Å². The maximum atomic E-state index is 12.2. The van der Waals surface area contributed by atoms with E-state index in [-0.39, 0.29) is 17.1 Å². The molecule has 1 atom stereocenters. The molecule has 2 aliphatic rings. The van der Waals surface area contributed by atoms with Crippen molar-refractivity contribution >= 4 is 11.7 Å². The minimum Gasteiger partial charge on any atom is -0.383 e. The van der Waals surface area contributed by atoms with Crippen molar-refractivity contribution in [3.63, 3.8) is 0 Å². The molecule has 0 saturated carbocycles. The van der Waals surface area contributed by atoms with Crippen molar-refractivity contribution < 1.29 is 14.3 Å². The van der Waals surface area contributed by atoms with Gasteiger partial charge in [-0.15, -0.1) is 0 Å². The Hall–Kier alpha value is -1.66. The predicted molar refractivity (Wildman–Crippen MR) is 100 cm³/mol. The minimum atomic E-state index is 0.113. The Balaban J connectivity index is 1.67. The lowest BCUT2D eigenvalue weighted by Gasteiger charge is -2.48. The highest BCUT2D eigenvalue weighted by Gasteiger charge is 2.41. The summed E-state index contributed by atoms with van der Waals surface area (Å²) in [6, 6.07) is 2.01. The van der Waals surface area contributed by atoms with E-state index < -0.39 is 0 Å². The lowest BCUT2D eigenvalue weighted by Crippen LogP contribution is -2.54. The molecule has 0 radical (unpaired) electrons. The van der Waals surface area contributed by atoms with E-state index in [1.807, 2.05) is 24.2 Å². The number of amides is 1. The van der Waals surface area contributed by atoms with Crippen LogP contribution in [0.3, 0.4) is 0 Å². The maximum absolute atomic E-state index is 12.2. The summed E-state index contributed by atoms with van der Waals surface area (Å²) < 4.78 is 7.23. The molecule has 1 spiro atoms. The summed E-state index contributed by atoms with van der Waals surface area (Å²) in [6.07, 6.45) is 5.90. The van der Waals surface area contributed by atoms with E-state index in [1.165, 1.54) is 12.1 Å². The lowest BCUT2D eigenvalue weighted by molar-refractivity contribution is -0.140. The zero-order valence-corrected chi connectivity index (χ0v) is 16.3. The van der Waals surface area contributed by atoms with Gasteiger partial charge in [0.25, 0.3) is 0 Å². The molecule has 6 nitrogen and oxygen atoms in total. The molecule has 0 aromatic carbocycles. The van der Waals surface area contributed by atoms with Crippen LogP contribution in [0.5, 0.6) is 0 Å². The maximum Gasteiger partial charge on any atom is 0.222 e. The number of Topliss-reactive ketones (excluding diaryl/α,β-unsaturated/α-hetero) is 1. The number of ketones is 1. The first-order chi connectivity index (χ1) is 12.4. The summed E-state index contributed by atoms with van der Waals surface area (Å²) in [4.78, 5) is 28.3. The summed E-state index contributed by atoms with van der Waals surface area (Å²) in [5.74, 6) is 0.375. The molecule has 26 heavy (non-hydrogen) atoms. The van der Waals surface area contributed by atoms with E-state index >= 15 is 0 Å². The van der Waals surface area contributed by atoms with Gasteiger partial charge in [-0.05, 0) is 38.8 Å². The molecule has 2 fully saturated rings. The van der Waals surface area contributed by atoms with Gasteiger partial charge in [0.15, 0.2) is 5.78 Å². The number of nitrogens with zero attached hydrogens (tertiary/aromatic N) is 3. The fraction of sp³-hybridized carbons (Fsp3) is 0.700. The highest BCUT2D eigenvalue weighted by molar-refractivity contribution is 5.94. The van der Waals surface area contributed by atoms with E-state index in [0.29, 0.717) is 19.6 Å². The van der Waals surface area contributed by atoms with E-state index in [2.05, 4.69) is 9.47 Å². The number of aryl methyl sites for hydroxylation is 1. The van der Waals surface area contributed by atoms with Crippen molar-refractivity contribution in [2.24, 2.45) is 12.5 Å². The van der Waals surface area contributed by atoms with Gasteiger partial charge in [0, 0.05) is 69.6 Å². The molecular weight excluding hydrogens is 330 g/mol. The van der Waals surface area contributed by atoms with Gasteiger partial charge in [0.2, 0.25) is 5.91 Å². The summed E-state index contributed by atoms with van der Waals surface area (Å²) in [5, 5.41) is 0. The molecule has 2 saturated heterocycles. The van der Waals surface area contributed by atoms with Crippen LogP contribution in [0.25, 0.3) is 0 Å². The minimum absolute atomic E-state index is 0.113. The van der Waals surface area contributed by atoms with Crippen molar-refractivity contribution in [2.75, 3.05) is 39.9 Å². The average molecular weight is 361 g/mol. The lowest BCUT2D eigenvalue weighted by atomic mass is 9.73. The second-order valence-electron chi connectivity index (χ2n) is 8.01. The van der Waals surface area contributed by atoms with Gasteiger partial charge in [-0.25, -0.2) is 0 Å². The van der Waals surface area contributed by atoms with Crippen molar-refractivity contribution in [2.45, 2.75) is 39.2 Å².